The molecule has 0 saturated heterocycles. The van der Waals surface area contributed by atoms with Gasteiger partial charge in [0, 0.05) is 13.0 Å². The van der Waals surface area contributed by atoms with E-state index in [-0.39, 0.29) is 11.6 Å². The average molecular weight is 193 g/mol. The molecule has 0 amide bonds. The van der Waals surface area contributed by atoms with Crippen molar-refractivity contribution in [2.75, 3.05) is 12.3 Å². The van der Waals surface area contributed by atoms with Crippen molar-refractivity contribution in [3.8, 4) is 0 Å². The maximum Gasteiger partial charge on any atom is 0.211 e. The third-order valence-electron chi connectivity index (χ3n) is 1.32. The number of rotatable bonds is 6. The van der Waals surface area contributed by atoms with E-state index in [0.29, 0.717) is 19.4 Å². The zero-order valence-electron chi connectivity index (χ0n) is 7.13. The van der Waals surface area contributed by atoms with E-state index in [2.05, 4.69) is 4.72 Å². The summed E-state index contributed by atoms with van der Waals surface area (Å²) in [6.07, 6.45) is 1.01. The Balaban J connectivity index is 3.51. The molecule has 5 nitrogen and oxygen atoms in total. The fourth-order valence-electron chi connectivity index (χ4n) is 0.609. The van der Waals surface area contributed by atoms with Gasteiger partial charge in [0.2, 0.25) is 10.0 Å². The fraction of sp³-hybridized carbons (Fsp3) is 0.833. The van der Waals surface area contributed by atoms with Crippen LogP contribution in [0.3, 0.4) is 0 Å². The highest BCUT2D eigenvalue weighted by Crippen LogP contribution is 1.88. The van der Waals surface area contributed by atoms with Crippen molar-refractivity contribution < 1.29 is 8.42 Å². The number of sulfonamides is 1. The third kappa shape index (κ3) is 6.11. The SMILES string of the molecule is CCS(=O)(=O)NCCCC(=N)N. The van der Waals surface area contributed by atoms with Crippen molar-refractivity contribution in [1.82, 2.24) is 4.72 Å². The van der Waals surface area contributed by atoms with E-state index in [1.54, 1.807) is 6.92 Å². The number of nitrogens with two attached hydrogens (primary N) is 1. The summed E-state index contributed by atoms with van der Waals surface area (Å²) in [5, 5.41) is 6.87. The Hall–Kier alpha value is -0.620. The molecule has 0 atom stereocenters. The summed E-state index contributed by atoms with van der Waals surface area (Å²) in [7, 11) is -3.08. The first-order chi connectivity index (χ1) is 5.48. The average Bonchev–Trinajstić information content (AvgIpc) is 1.98. The molecule has 72 valence electrons. The molecule has 0 fully saturated rings. The second-order valence-corrected chi connectivity index (χ2v) is 4.52. The highest BCUT2D eigenvalue weighted by molar-refractivity contribution is 7.89. The Labute approximate surface area is 72.9 Å². The molecule has 0 aliphatic carbocycles. The van der Waals surface area contributed by atoms with Gasteiger partial charge in [0.1, 0.15) is 0 Å². The van der Waals surface area contributed by atoms with E-state index in [1.807, 2.05) is 0 Å². The summed E-state index contributed by atoms with van der Waals surface area (Å²) in [5.41, 5.74) is 5.08. The number of hydrogen-bond donors (Lipinski definition) is 3. The summed E-state index contributed by atoms with van der Waals surface area (Å²) in [6, 6.07) is 0. The van der Waals surface area contributed by atoms with Gasteiger partial charge in [-0.05, 0) is 13.3 Å². The largest absolute Gasteiger partial charge is 0.388 e. The summed E-state index contributed by atoms with van der Waals surface area (Å²) in [5.74, 6) is 0.179. The molecule has 0 spiro atoms. The first kappa shape index (κ1) is 11.4. The lowest BCUT2D eigenvalue weighted by Crippen LogP contribution is -2.27. The summed E-state index contributed by atoms with van der Waals surface area (Å²) in [6.45, 7) is 1.93. The van der Waals surface area contributed by atoms with Crippen molar-refractivity contribution in [2.24, 2.45) is 5.73 Å². The second kappa shape index (κ2) is 5.10. The molecule has 0 radical (unpaired) electrons. The molecule has 0 unspecified atom stereocenters. The number of hydrogen-bond acceptors (Lipinski definition) is 3. The van der Waals surface area contributed by atoms with E-state index in [0.717, 1.165) is 0 Å². The Morgan fingerprint density at radius 2 is 2.17 bits per heavy atom. The fourth-order valence-corrected chi connectivity index (χ4v) is 1.27. The van der Waals surface area contributed by atoms with Crippen LogP contribution < -0.4 is 10.5 Å². The van der Waals surface area contributed by atoms with Crippen LogP contribution in [0.25, 0.3) is 0 Å². The molecule has 0 aliphatic rings. The van der Waals surface area contributed by atoms with Crippen molar-refractivity contribution in [3.63, 3.8) is 0 Å². The van der Waals surface area contributed by atoms with Crippen LogP contribution in [0.4, 0.5) is 0 Å². The molecule has 0 saturated carbocycles. The number of amidine groups is 1. The van der Waals surface area contributed by atoms with Gasteiger partial charge in [0.15, 0.2) is 0 Å². The predicted molar refractivity (Wildman–Crippen MR) is 48.6 cm³/mol. The van der Waals surface area contributed by atoms with Crippen LogP contribution in [0.15, 0.2) is 0 Å². The maximum absolute atomic E-state index is 10.8. The minimum absolute atomic E-state index is 0.0886. The van der Waals surface area contributed by atoms with Crippen molar-refractivity contribution in [3.05, 3.63) is 0 Å². The van der Waals surface area contributed by atoms with E-state index in [1.165, 1.54) is 0 Å². The molecule has 0 bridgehead atoms. The van der Waals surface area contributed by atoms with Gasteiger partial charge in [0.25, 0.3) is 0 Å². The topological polar surface area (TPSA) is 96.0 Å². The Bertz CT molecular complexity index is 235. The summed E-state index contributed by atoms with van der Waals surface area (Å²) in [4.78, 5) is 0. The standard InChI is InChI=1S/C6H15N3O2S/c1-2-12(10,11)9-5-3-4-6(7)8/h9H,2-5H2,1H3,(H3,7,8). The minimum atomic E-state index is -3.08. The van der Waals surface area contributed by atoms with E-state index in [4.69, 9.17) is 11.1 Å². The highest BCUT2D eigenvalue weighted by Gasteiger charge is 2.03. The van der Waals surface area contributed by atoms with Crippen LogP contribution >= 0.6 is 0 Å². The molecule has 4 N–H and O–H groups in total. The first-order valence-corrected chi connectivity index (χ1v) is 5.43. The zero-order valence-corrected chi connectivity index (χ0v) is 7.95. The highest BCUT2D eigenvalue weighted by atomic mass is 32.2. The predicted octanol–water partition coefficient (Wildman–Crippen LogP) is -0.358. The summed E-state index contributed by atoms with van der Waals surface area (Å²) >= 11 is 0. The molecule has 12 heavy (non-hydrogen) atoms. The van der Waals surface area contributed by atoms with Crippen molar-refractivity contribution in [1.29, 1.82) is 5.41 Å². The van der Waals surface area contributed by atoms with Gasteiger partial charge in [-0.25, -0.2) is 13.1 Å². The Morgan fingerprint density at radius 3 is 2.58 bits per heavy atom. The molecule has 0 heterocycles. The molecule has 0 aromatic rings. The van der Waals surface area contributed by atoms with Crippen molar-refractivity contribution in [2.45, 2.75) is 19.8 Å². The third-order valence-corrected chi connectivity index (χ3v) is 2.73. The molecular formula is C6H15N3O2S. The van der Waals surface area contributed by atoms with Crippen LogP contribution in [-0.2, 0) is 10.0 Å². The number of nitrogens with one attached hydrogen (secondary N) is 2. The lowest BCUT2D eigenvalue weighted by atomic mass is 10.3. The van der Waals surface area contributed by atoms with Crippen LogP contribution in [0.2, 0.25) is 0 Å². The lowest BCUT2D eigenvalue weighted by molar-refractivity contribution is 0.581. The molecule has 0 aliphatic heterocycles. The second-order valence-electron chi connectivity index (χ2n) is 2.43. The van der Waals surface area contributed by atoms with E-state index < -0.39 is 10.0 Å². The molecule has 0 aromatic heterocycles. The molecule has 0 rings (SSSR count). The quantitative estimate of drug-likeness (QED) is 0.305. The maximum atomic E-state index is 10.8. The van der Waals surface area contributed by atoms with Gasteiger partial charge in [-0.2, -0.15) is 0 Å². The van der Waals surface area contributed by atoms with Crippen LogP contribution in [0.1, 0.15) is 19.8 Å². The van der Waals surface area contributed by atoms with Crippen molar-refractivity contribution >= 4 is 15.9 Å². The monoisotopic (exact) mass is 193 g/mol. The van der Waals surface area contributed by atoms with Gasteiger partial charge in [-0.15, -0.1) is 0 Å². The Kier molecular flexibility index (Phi) is 4.84. The zero-order chi connectivity index (χ0) is 9.61. The summed E-state index contributed by atoms with van der Waals surface area (Å²) < 4.78 is 24.1. The van der Waals surface area contributed by atoms with Gasteiger partial charge < -0.3 is 5.73 Å². The Morgan fingerprint density at radius 1 is 1.58 bits per heavy atom. The van der Waals surface area contributed by atoms with Crippen LogP contribution in [-0.4, -0.2) is 26.6 Å². The van der Waals surface area contributed by atoms with Gasteiger partial charge in [-0.1, -0.05) is 0 Å². The van der Waals surface area contributed by atoms with Gasteiger partial charge in [-0.3, -0.25) is 5.41 Å². The normalized spacial score (nSPS) is 11.4. The first-order valence-electron chi connectivity index (χ1n) is 3.78. The molecular weight excluding hydrogens is 178 g/mol. The van der Waals surface area contributed by atoms with E-state index >= 15 is 0 Å². The lowest BCUT2D eigenvalue weighted by Gasteiger charge is -2.02. The minimum Gasteiger partial charge on any atom is -0.388 e. The van der Waals surface area contributed by atoms with Gasteiger partial charge >= 0.3 is 0 Å². The van der Waals surface area contributed by atoms with E-state index in [9.17, 15) is 8.42 Å². The van der Waals surface area contributed by atoms with Gasteiger partial charge in [0.05, 0.1) is 11.6 Å². The smallest absolute Gasteiger partial charge is 0.211 e. The molecule has 0 aromatic carbocycles. The van der Waals surface area contributed by atoms with Crippen LogP contribution in [0.5, 0.6) is 0 Å². The molecule has 6 heteroatoms. The van der Waals surface area contributed by atoms with Crippen LogP contribution in [0, 0.1) is 5.41 Å².